The van der Waals surface area contributed by atoms with Crippen LogP contribution in [-0.4, -0.2) is 38.1 Å². The minimum atomic E-state index is 0.486. The normalized spacial score (nSPS) is 18.0. The molecule has 1 heterocycles. The first-order valence-corrected chi connectivity index (χ1v) is 6.90. The van der Waals surface area contributed by atoms with Crippen LogP contribution in [0, 0.1) is 0 Å². The van der Waals surface area contributed by atoms with E-state index in [-0.39, 0.29) is 0 Å². The quantitative estimate of drug-likeness (QED) is 0.849. The predicted octanol–water partition coefficient (Wildman–Crippen LogP) is 3.11. The lowest BCUT2D eigenvalue weighted by Gasteiger charge is -2.37. The molecule has 0 aromatic heterocycles. The Hall–Kier alpha value is -0.640. The number of rotatable bonds is 2. The molecule has 1 aromatic carbocycles. The van der Waals surface area contributed by atoms with E-state index in [1.165, 1.54) is 0 Å². The van der Waals surface area contributed by atoms with Gasteiger partial charge >= 0.3 is 0 Å². The molecular formula is C13H19Cl2N3. The molecule has 0 spiro atoms. The van der Waals surface area contributed by atoms with Crippen LogP contribution >= 0.6 is 23.2 Å². The van der Waals surface area contributed by atoms with E-state index in [9.17, 15) is 0 Å². The molecule has 2 N–H and O–H groups in total. The Morgan fingerprint density at radius 3 is 2.22 bits per heavy atom. The van der Waals surface area contributed by atoms with Gasteiger partial charge in [0.15, 0.2) is 0 Å². The van der Waals surface area contributed by atoms with Crippen molar-refractivity contribution in [2.24, 2.45) is 0 Å². The molecule has 1 aliphatic rings. The summed E-state index contributed by atoms with van der Waals surface area (Å²) in [5, 5.41) is 1.25. The van der Waals surface area contributed by atoms with Gasteiger partial charge in [0.25, 0.3) is 0 Å². The van der Waals surface area contributed by atoms with Gasteiger partial charge in [-0.1, -0.05) is 23.2 Å². The monoisotopic (exact) mass is 287 g/mol. The number of nitrogens with two attached hydrogens (primary N) is 1. The van der Waals surface area contributed by atoms with Crippen molar-refractivity contribution in [1.29, 1.82) is 0 Å². The number of nitrogen functional groups attached to an aromatic ring is 1. The van der Waals surface area contributed by atoms with Crippen molar-refractivity contribution < 1.29 is 0 Å². The Balaban J connectivity index is 2.21. The van der Waals surface area contributed by atoms with Crippen LogP contribution in [0.25, 0.3) is 0 Å². The molecule has 1 aliphatic heterocycles. The van der Waals surface area contributed by atoms with Crippen LogP contribution in [0.4, 0.5) is 11.4 Å². The van der Waals surface area contributed by atoms with Crippen LogP contribution in [0.15, 0.2) is 12.1 Å². The number of piperidine rings is 1. The summed E-state index contributed by atoms with van der Waals surface area (Å²) in [6, 6.07) is 4.00. The summed E-state index contributed by atoms with van der Waals surface area (Å²) in [7, 11) is 4.21. The largest absolute Gasteiger partial charge is 0.399 e. The third-order valence-corrected chi connectivity index (χ3v) is 4.20. The average molecular weight is 288 g/mol. The fraction of sp³-hybridized carbons (Fsp3) is 0.538. The van der Waals surface area contributed by atoms with Crippen molar-refractivity contribution in [2.75, 3.05) is 37.8 Å². The summed E-state index contributed by atoms with van der Waals surface area (Å²) in [6.45, 7) is 2.22. The predicted molar refractivity (Wildman–Crippen MR) is 79.8 cm³/mol. The van der Waals surface area contributed by atoms with Crippen LogP contribution in [-0.2, 0) is 0 Å². The summed E-state index contributed by atoms with van der Waals surface area (Å²) in [6.07, 6.45) is 2.26. The summed E-state index contributed by atoms with van der Waals surface area (Å²) in [5.74, 6) is 0. The Morgan fingerprint density at radius 1 is 1.22 bits per heavy atom. The van der Waals surface area contributed by atoms with E-state index < -0.39 is 0 Å². The molecule has 5 heteroatoms. The van der Waals surface area contributed by atoms with Crippen LogP contribution < -0.4 is 10.6 Å². The third-order valence-electron chi connectivity index (χ3n) is 3.63. The lowest BCUT2D eigenvalue weighted by atomic mass is 10.0. The number of hydrogen-bond donors (Lipinski definition) is 1. The lowest BCUT2D eigenvalue weighted by molar-refractivity contribution is 0.253. The highest BCUT2D eigenvalue weighted by molar-refractivity contribution is 6.39. The fourth-order valence-corrected chi connectivity index (χ4v) is 3.26. The number of anilines is 2. The summed E-state index contributed by atoms with van der Waals surface area (Å²) in [5.41, 5.74) is 7.22. The number of benzene rings is 1. The highest BCUT2D eigenvalue weighted by Gasteiger charge is 2.23. The molecule has 100 valence electrons. The molecule has 18 heavy (non-hydrogen) atoms. The van der Waals surface area contributed by atoms with Gasteiger partial charge in [-0.15, -0.1) is 0 Å². The Kier molecular flexibility index (Phi) is 4.25. The second-order valence-electron chi connectivity index (χ2n) is 4.98. The van der Waals surface area contributed by atoms with Gasteiger partial charge in [-0.3, -0.25) is 0 Å². The van der Waals surface area contributed by atoms with E-state index in [0.29, 0.717) is 21.8 Å². The molecule has 0 amide bonds. The zero-order valence-electron chi connectivity index (χ0n) is 10.8. The minimum absolute atomic E-state index is 0.486. The minimum Gasteiger partial charge on any atom is -0.399 e. The number of likely N-dealkylation sites (tertiary alicyclic amines) is 1. The SMILES string of the molecule is CN1CCC(N(C)c2c(Cl)cc(N)cc2Cl)CC1. The van der Waals surface area contributed by atoms with Crippen molar-refractivity contribution in [1.82, 2.24) is 4.90 Å². The Bertz CT molecular complexity index is 405. The smallest absolute Gasteiger partial charge is 0.0746 e. The van der Waals surface area contributed by atoms with Gasteiger partial charge in [0.1, 0.15) is 0 Å². The van der Waals surface area contributed by atoms with Gasteiger partial charge in [0.2, 0.25) is 0 Å². The van der Waals surface area contributed by atoms with Gasteiger partial charge in [-0.2, -0.15) is 0 Å². The first kappa shape index (κ1) is 13.8. The highest BCUT2D eigenvalue weighted by atomic mass is 35.5. The van der Waals surface area contributed by atoms with Gasteiger partial charge in [-0.25, -0.2) is 0 Å². The van der Waals surface area contributed by atoms with Gasteiger partial charge in [0.05, 0.1) is 15.7 Å². The van der Waals surface area contributed by atoms with E-state index in [1.54, 1.807) is 12.1 Å². The number of nitrogens with zero attached hydrogens (tertiary/aromatic N) is 2. The summed E-state index contributed by atoms with van der Waals surface area (Å²) < 4.78 is 0. The lowest BCUT2D eigenvalue weighted by Crippen LogP contribution is -2.42. The molecule has 0 bridgehead atoms. The van der Waals surface area contributed by atoms with Crippen molar-refractivity contribution in [3.8, 4) is 0 Å². The van der Waals surface area contributed by atoms with E-state index in [0.717, 1.165) is 31.6 Å². The average Bonchev–Trinajstić information content (AvgIpc) is 2.28. The molecule has 0 radical (unpaired) electrons. The molecule has 1 fully saturated rings. The fourth-order valence-electron chi connectivity index (χ4n) is 2.49. The van der Waals surface area contributed by atoms with Gasteiger partial charge < -0.3 is 15.5 Å². The van der Waals surface area contributed by atoms with Crippen LogP contribution in [0.3, 0.4) is 0 Å². The Labute approximate surface area is 118 Å². The second-order valence-corrected chi connectivity index (χ2v) is 5.79. The maximum atomic E-state index is 6.26. The molecule has 0 aliphatic carbocycles. The molecular weight excluding hydrogens is 269 g/mol. The van der Waals surface area contributed by atoms with E-state index in [1.807, 2.05) is 0 Å². The standard InChI is InChI=1S/C13H19Cl2N3/c1-17-5-3-10(4-6-17)18(2)13-11(14)7-9(16)8-12(13)15/h7-8,10H,3-6,16H2,1-2H3. The molecule has 3 nitrogen and oxygen atoms in total. The Morgan fingerprint density at radius 2 is 1.72 bits per heavy atom. The van der Waals surface area contributed by atoms with Crippen molar-refractivity contribution in [3.05, 3.63) is 22.2 Å². The van der Waals surface area contributed by atoms with Crippen LogP contribution in [0.5, 0.6) is 0 Å². The summed E-state index contributed by atoms with van der Waals surface area (Å²) >= 11 is 12.5. The van der Waals surface area contributed by atoms with Gasteiger partial charge in [0, 0.05) is 18.8 Å². The van der Waals surface area contributed by atoms with E-state index in [4.69, 9.17) is 28.9 Å². The molecule has 1 aromatic rings. The van der Waals surface area contributed by atoms with E-state index >= 15 is 0 Å². The van der Waals surface area contributed by atoms with Crippen LogP contribution in [0.2, 0.25) is 10.0 Å². The van der Waals surface area contributed by atoms with Crippen LogP contribution in [0.1, 0.15) is 12.8 Å². The van der Waals surface area contributed by atoms with Gasteiger partial charge in [-0.05, 0) is 45.1 Å². The molecule has 2 rings (SSSR count). The topological polar surface area (TPSA) is 32.5 Å². The maximum absolute atomic E-state index is 6.26. The number of halogens is 2. The third kappa shape index (κ3) is 2.85. The first-order valence-electron chi connectivity index (χ1n) is 6.15. The number of hydrogen-bond acceptors (Lipinski definition) is 3. The molecule has 1 saturated heterocycles. The van der Waals surface area contributed by atoms with Crippen molar-refractivity contribution in [2.45, 2.75) is 18.9 Å². The maximum Gasteiger partial charge on any atom is 0.0746 e. The molecule has 0 saturated carbocycles. The molecule has 0 unspecified atom stereocenters. The zero-order chi connectivity index (χ0) is 13.3. The highest BCUT2D eigenvalue weighted by Crippen LogP contribution is 2.37. The van der Waals surface area contributed by atoms with Crippen molar-refractivity contribution >= 4 is 34.6 Å². The molecule has 0 atom stereocenters. The second kappa shape index (κ2) is 5.55. The van der Waals surface area contributed by atoms with Crippen molar-refractivity contribution in [3.63, 3.8) is 0 Å². The first-order chi connectivity index (χ1) is 8.49. The zero-order valence-corrected chi connectivity index (χ0v) is 12.3. The summed E-state index contributed by atoms with van der Waals surface area (Å²) in [4.78, 5) is 4.54. The van der Waals surface area contributed by atoms with E-state index in [2.05, 4.69) is 23.9 Å².